The first-order valence-corrected chi connectivity index (χ1v) is 14.0. The number of nitrogen functional groups attached to an aromatic ring is 1. The average molecular weight is 569 g/mol. The van der Waals surface area contributed by atoms with Crippen LogP contribution < -0.4 is 5.73 Å². The first-order chi connectivity index (χ1) is 20.3. The number of H-pyrrole nitrogens is 2. The highest BCUT2D eigenvalue weighted by molar-refractivity contribution is 6.00. The summed E-state index contributed by atoms with van der Waals surface area (Å²) < 4.78 is 16.8. The van der Waals surface area contributed by atoms with Gasteiger partial charge in [-0.3, -0.25) is 14.7 Å². The number of hydrogen-bond donors (Lipinski definition) is 3. The lowest BCUT2D eigenvalue weighted by molar-refractivity contribution is 0.0556. The van der Waals surface area contributed by atoms with Crippen molar-refractivity contribution < 1.29 is 14.0 Å². The lowest BCUT2D eigenvalue weighted by Gasteiger charge is -2.38. The second-order valence-electron chi connectivity index (χ2n) is 11.0. The Morgan fingerprint density at radius 1 is 1.12 bits per heavy atom. The van der Waals surface area contributed by atoms with E-state index in [-0.39, 0.29) is 41.3 Å². The quantitative estimate of drug-likeness (QED) is 0.259. The molecule has 2 saturated heterocycles. The second kappa shape index (κ2) is 9.86. The SMILES string of the molecule is CCc1cnc(-c2ccc(-c3cnn4c(N)c(C(C)=O)c(C5CC6CCC(C5)N6C(=O)c5ncn[nH]5)nc34)cc2F)[nH]1. The Morgan fingerprint density at radius 2 is 1.90 bits per heavy atom. The molecule has 42 heavy (non-hydrogen) atoms. The molecular formula is C29H29FN10O2. The molecule has 2 unspecified atom stereocenters. The number of nitrogens with one attached hydrogen (secondary N) is 2. The maximum Gasteiger partial charge on any atom is 0.291 e. The Morgan fingerprint density at radius 3 is 2.55 bits per heavy atom. The van der Waals surface area contributed by atoms with Crippen LogP contribution in [0.25, 0.3) is 28.2 Å². The first-order valence-electron chi connectivity index (χ1n) is 14.0. The zero-order chi connectivity index (χ0) is 29.1. The van der Waals surface area contributed by atoms with Crippen molar-refractivity contribution in [2.75, 3.05) is 5.73 Å². The van der Waals surface area contributed by atoms with Crippen LogP contribution in [0.3, 0.4) is 0 Å². The van der Waals surface area contributed by atoms with Gasteiger partial charge < -0.3 is 15.6 Å². The molecule has 2 aliphatic rings. The molecule has 0 radical (unpaired) electrons. The second-order valence-corrected chi connectivity index (χ2v) is 11.0. The van der Waals surface area contributed by atoms with E-state index in [1.54, 1.807) is 24.5 Å². The number of nitrogens with zero attached hydrogens (tertiary/aromatic N) is 7. The Balaban J connectivity index is 1.26. The number of Topliss-reactive ketones (excluding diaryl/α,β-unsaturated/α-hetero) is 1. The number of carbonyl (C=O) groups is 2. The highest BCUT2D eigenvalue weighted by Crippen LogP contribution is 2.45. The Kier molecular flexibility index (Phi) is 6.10. The van der Waals surface area contributed by atoms with Crippen molar-refractivity contribution in [1.82, 2.24) is 44.6 Å². The predicted octanol–water partition coefficient (Wildman–Crippen LogP) is 3.94. The predicted molar refractivity (Wildman–Crippen MR) is 151 cm³/mol. The molecule has 2 atom stereocenters. The zero-order valence-corrected chi connectivity index (χ0v) is 23.1. The summed E-state index contributed by atoms with van der Waals surface area (Å²) >= 11 is 0. The molecular weight excluding hydrogens is 539 g/mol. The maximum absolute atomic E-state index is 15.3. The topological polar surface area (TPSA) is 164 Å². The van der Waals surface area contributed by atoms with Crippen molar-refractivity contribution in [3.05, 3.63) is 65.5 Å². The van der Waals surface area contributed by atoms with Gasteiger partial charge in [0, 0.05) is 35.5 Å². The standard InChI is InChI=1S/C29H29FN10O2/c1-3-17-11-32-26(36-17)20-7-4-15(10-22(20)30)21-12-35-40-25(31)23(14(2)41)24(37-28(21)40)16-8-18-5-6-19(9-16)39(18)29(42)27-33-13-34-38-27/h4,7,10-13,16,18-19H,3,5-6,8-9,31H2,1-2H3,(H,32,36)(H,33,34,38). The number of nitrogens with two attached hydrogens (primary N) is 1. The van der Waals surface area contributed by atoms with E-state index in [0.29, 0.717) is 52.3 Å². The lowest BCUT2D eigenvalue weighted by atomic mass is 9.85. The number of piperidine rings is 1. The number of rotatable bonds is 6. The molecule has 12 nitrogen and oxygen atoms in total. The molecule has 0 spiro atoms. The van der Waals surface area contributed by atoms with Crippen molar-refractivity contribution in [2.45, 2.75) is 64.0 Å². The van der Waals surface area contributed by atoms with E-state index in [1.165, 1.54) is 23.8 Å². The van der Waals surface area contributed by atoms with Gasteiger partial charge in [-0.25, -0.2) is 19.3 Å². The summed E-state index contributed by atoms with van der Waals surface area (Å²) in [5, 5.41) is 10.9. The minimum Gasteiger partial charge on any atom is -0.383 e. The van der Waals surface area contributed by atoms with Gasteiger partial charge in [-0.05, 0) is 56.7 Å². The van der Waals surface area contributed by atoms with Crippen molar-refractivity contribution in [3.63, 3.8) is 0 Å². The van der Waals surface area contributed by atoms with Crippen LogP contribution in [0, 0.1) is 5.82 Å². The van der Waals surface area contributed by atoms with Crippen LogP contribution >= 0.6 is 0 Å². The highest BCUT2D eigenvalue weighted by atomic mass is 19.1. The molecule has 7 rings (SSSR count). The molecule has 2 aliphatic heterocycles. The Labute approximate surface area is 239 Å². The number of fused-ring (bicyclic) bond motifs is 3. The lowest BCUT2D eigenvalue weighted by Crippen LogP contribution is -2.46. The summed E-state index contributed by atoms with van der Waals surface area (Å²) in [6, 6.07) is 4.87. The summed E-state index contributed by atoms with van der Waals surface area (Å²) in [7, 11) is 0. The molecule has 2 fully saturated rings. The molecule has 13 heteroatoms. The minimum absolute atomic E-state index is 0.0220. The van der Waals surface area contributed by atoms with Crippen LogP contribution in [0.1, 0.15) is 77.8 Å². The Bertz CT molecular complexity index is 1830. The number of halogens is 1. The monoisotopic (exact) mass is 568 g/mol. The van der Waals surface area contributed by atoms with Gasteiger partial charge in [0.15, 0.2) is 11.4 Å². The normalized spacial score (nSPS) is 20.0. The van der Waals surface area contributed by atoms with E-state index in [9.17, 15) is 9.59 Å². The van der Waals surface area contributed by atoms with E-state index >= 15 is 4.39 Å². The number of anilines is 1. The summed E-state index contributed by atoms with van der Waals surface area (Å²) in [5.74, 6) is -0.0216. The van der Waals surface area contributed by atoms with E-state index in [0.717, 1.165) is 25.0 Å². The third kappa shape index (κ3) is 4.06. The van der Waals surface area contributed by atoms with E-state index in [4.69, 9.17) is 10.7 Å². The van der Waals surface area contributed by atoms with Crippen LogP contribution in [0.4, 0.5) is 10.2 Å². The zero-order valence-electron chi connectivity index (χ0n) is 23.1. The van der Waals surface area contributed by atoms with Crippen molar-refractivity contribution in [2.24, 2.45) is 0 Å². The van der Waals surface area contributed by atoms with Crippen LogP contribution in [-0.2, 0) is 6.42 Å². The van der Waals surface area contributed by atoms with Crippen molar-refractivity contribution >= 4 is 23.2 Å². The number of benzene rings is 1. The fourth-order valence-corrected chi connectivity index (χ4v) is 6.61. The van der Waals surface area contributed by atoms with E-state index < -0.39 is 5.82 Å². The molecule has 2 bridgehead atoms. The number of aromatic amines is 2. The molecule has 1 aromatic carbocycles. The summed E-state index contributed by atoms with van der Waals surface area (Å²) in [6.45, 7) is 3.47. The molecule has 0 saturated carbocycles. The largest absolute Gasteiger partial charge is 0.383 e. The van der Waals surface area contributed by atoms with Gasteiger partial charge in [0.2, 0.25) is 5.82 Å². The van der Waals surface area contributed by atoms with E-state index in [1.807, 2.05) is 11.8 Å². The van der Waals surface area contributed by atoms with Crippen LogP contribution in [0.15, 0.2) is 36.9 Å². The van der Waals surface area contributed by atoms with Gasteiger partial charge in [-0.2, -0.15) is 14.7 Å². The number of aryl methyl sites for hydroxylation is 1. The molecule has 6 heterocycles. The molecule has 0 aliphatic carbocycles. The smallest absolute Gasteiger partial charge is 0.291 e. The van der Waals surface area contributed by atoms with E-state index in [2.05, 4.69) is 30.2 Å². The number of amides is 1. The molecule has 214 valence electrons. The minimum atomic E-state index is -0.433. The van der Waals surface area contributed by atoms with Gasteiger partial charge in [-0.1, -0.05) is 13.0 Å². The highest BCUT2D eigenvalue weighted by Gasteiger charge is 2.45. The first kappa shape index (κ1) is 26.0. The van der Waals surface area contributed by atoms with Crippen molar-refractivity contribution in [1.29, 1.82) is 0 Å². The summed E-state index contributed by atoms with van der Waals surface area (Å²) in [4.78, 5) is 44.4. The number of carbonyl (C=O) groups excluding carboxylic acids is 2. The summed E-state index contributed by atoms with van der Waals surface area (Å²) in [5.41, 5.74) is 10.4. The van der Waals surface area contributed by atoms with Gasteiger partial charge in [-0.15, -0.1) is 0 Å². The fraction of sp³-hybridized carbons (Fsp3) is 0.345. The van der Waals surface area contributed by atoms with Crippen LogP contribution in [0.5, 0.6) is 0 Å². The number of imidazole rings is 1. The maximum atomic E-state index is 15.3. The fourth-order valence-electron chi connectivity index (χ4n) is 6.61. The third-order valence-corrected chi connectivity index (χ3v) is 8.58. The number of hydrogen-bond acceptors (Lipinski definition) is 8. The van der Waals surface area contributed by atoms with Gasteiger partial charge in [0.05, 0.1) is 23.0 Å². The van der Waals surface area contributed by atoms with Gasteiger partial charge in [0.25, 0.3) is 5.91 Å². The average Bonchev–Trinajstić information content (AvgIpc) is 3.78. The molecule has 5 aromatic rings. The summed E-state index contributed by atoms with van der Waals surface area (Å²) in [6.07, 6.45) is 8.36. The third-order valence-electron chi connectivity index (χ3n) is 8.58. The van der Waals surface area contributed by atoms with Crippen LogP contribution in [-0.4, -0.2) is 68.4 Å². The Hall–Kier alpha value is -4.94. The number of aromatic nitrogens is 8. The van der Waals surface area contributed by atoms with Gasteiger partial charge in [0.1, 0.15) is 23.8 Å². The van der Waals surface area contributed by atoms with Gasteiger partial charge >= 0.3 is 0 Å². The molecule has 4 N–H and O–H groups in total. The number of ketones is 1. The molecule has 1 amide bonds. The van der Waals surface area contributed by atoms with Crippen molar-refractivity contribution in [3.8, 4) is 22.5 Å². The molecule has 4 aromatic heterocycles. The van der Waals surface area contributed by atoms with Crippen LogP contribution in [0.2, 0.25) is 0 Å².